The average molecular weight is 694 g/mol. The normalized spacial score (nSPS) is 26.6. The fourth-order valence-corrected chi connectivity index (χ4v) is 9.13. The number of ether oxygens (including phenoxy) is 1. The summed E-state index contributed by atoms with van der Waals surface area (Å²) < 4.78 is 83.1. The first kappa shape index (κ1) is 32.2. The van der Waals surface area contributed by atoms with Gasteiger partial charge in [-0.3, -0.25) is 0 Å². The van der Waals surface area contributed by atoms with Crippen LogP contribution in [0.15, 0.2) is 30.3 Å². The van der Waals surface area contributed by atoms with Crippen molar-refractivity contribution in [2.75, 3.05) is 44.2 Å². The van der Waals surface area contributed by atoms with Crippen molar-refractivity contribution in [1.82, 2.24) is 20.2 Å². The summed E-state index contributed by atoms with van der Waals surface area (Å²) in [6, 6.07) is 7.14. The van der Waals surface area contributed by atoms with E-state index in [1.54, 1.807) is 6.92 Å². The molecule has 0 radical (unpaired) electrons. The Morgan fingerprint density at radius 3 is 2.46 bits per heavy atom. The number of hydrogen-bond donors (Lipinski definition) is 2. The molecule has 2 saturated carbocycles. The lowest BCUT2D eigenvalue weighted by atomic mass is 9.91. The Labute approximate surface area is 286 Å². The summed E-state index contributed by atoms with van der Waals surface area (Å²) in [6.45, 7) is 5.02. The van der Waals surface area contributed by atoms with E-state index < -0.39 is 34.4 Å². The molecule has 4 heterocycles. The number of anilines is 1. The molecule has 7 nitrogen and oxygen atoms in total. The van der Waals surface area contributed by atoms with E-state index in [9.17, 15) is 13.9 Å². The maximum absolute atomic E-state index is 17.0. The molecule has 2 bridgehead atoms. The van der Waals surface area contributed by atoms with Crippen LogP contribution in [0.1, 0.15) is 57.4 Å². The second-order valence-corrected chi connectivity index (χ2v) is 15.6. The molecule has 1 aromatic heterocycles. The van der Waals surface area contributed by atoms with Crippen molar-refractivity contribution < 1.29 is 31.8 Å². The Bertz CT molecular complexity index is 2030. The monoisotopic (exact) mass is 693 g/mol. The zero-order chi connectivity index (χ0) is 34.6. The van der Waals surface area contributed by atoms with Gasteiger partial charge >= 0.3 is 6.01 Å². The molecule has 3 atom stereocenters. The number of alkyl halides is 2. The van der Waals surface area contributed by atoms with E-state index in [4.69, 9.17) is 9.72 Å². The van der Waals surface area contributed by atoms with Crippen LogP contribution in [0.3, 0.4) is 0 Å². The van der Waals surface area contributed by atoms with E-state index >= 15 is 13.2 Å². The summed E-state index contributed by atoms with van der Waals surface area (Å²) in [5.74, 6) is -4.73. The predicted molar refractivity (Wildman–Crippen MR) is 180 cm³/mol. The zero-order valence-corrected chi connectivity index (χ0v) is 28.0. The number of phenols is 1. The standard InChI is InChI=1S/C38H40F5N5O2/c1-2-25-28(39)7-4-21-12-24(49)13-26(30(21)25)31-29(40)14-27-33(32(31)41)45-35(46-34(27)48-15-22-5-6-23(16-48)44-22)50-20-36(9-10-36)18-47-11-3-8-37(19-47)17-38(37,42)43/h4,7,12-14,22-23,44,49H,2-3,5-6,8-11,15-20H2,1H3. The van der Waals surface area contributed by atoms with Crippen LogP contribution >= 0.6 is 0 Å². The maximum Gasteiger partial charge on any atom is 0.319 e. The summed E-state index contributed by atoms with van der Waals surface area (Å²) in [5.41, 5.74) is -1.34. The van der Waals surface area contributed by atoms with Crippen molar-refractivity contribution >= 4 is 27.5 Å². The number of phenolic OH excluding ortho intramolecular Hbond substituents is 1. The number of piperidine rings is 1. The van der Waals surface area contributed by atoms with Crippen LogP contribution in [0, 0.1) is 28.3 Å². The molecule has 4 aromatic rings. The highest BCUT2D eigenvalue weighted by Gasteiger charge is 2.71. The summed E-state index contributed by atoms with van der Waals surface area (Å²) >= 11 is 0. The number of aryl methyl sites for hydroxylation is 1. The molecule has 2 N–H and O–H groups in total. The molecule has 12 heteroatoms. The topological polar surface area (TPSA) is 73.8 Å². The number of benzene rings is 3. The van der Waals surface area contributed by atoms with Gasteiger partial charge in [-0.1, -0.05) is 13.0 Å². The van der Waals surface area contributed by atoms with Crippen molar-refractivity contribution in [2.45, 2.75) is 76.3 Å². The fourth-order valence-electron chi connectivity index (χ4n) is 9.13. The van der Waals surface area contributed by atoms with Crippen LogP contribution in [0.25, 0.3) is 32.8 Å². The van der Waals surface area contributed by atoms with Crippen LogP contribution in [0.4, 0.5) is 27.8 Å². The Morgan fingerprint density at radius 2 is 1.76 bits per heavy atom. The first-order valence-corrected chi connectivity index (χ1v) is 17.9. The van der Waals surface area contributed by atoms with Gasteiger partial charge in [-0.15, -0.1) is 0 Å². The zero-order valence-electron chi connectivity index (χ0n) is 28.0. The highest BCUT2D eigenvalue weighted by Crippen LogP contribution is 2.65. The number of likely N-dealkylation sites (tertiary alicyclic amines) is 1. The minimum Gasteiger partial charge on any atom is -0.508 e. The van der Waals surface area contributed by atoms with Crippen molar-refractivity contribution in [2.24, 2.45) is 10.8 Å². The fraction of sp³-hybridized carbons (Fsp3) is 0.526. The molecular formula is C38H40F5N5O2. The molecule has 5 fully saturated rings. The van der Waals surface area contributed by atoms with Crippen LogP contribution in [-0.4, -0.2) is 77.3 Å². The lowest BCUT2D eigenvalue weighted by Crippen LogP contribution is -2.51. The molecule has 1 spiro atoms. The van der Waals surface area contributed by atoms with Gasteiger partial charge < -0.3 is 25.0 Å². The molecule has 3 aromatic carbocycles. The van der Waals surface area contributed by atoms with E-state index in [1.165, 1.54) is 30.3 Å². The number of aromatic nitrogens is 2. The SMILES string of the molecule is CCc1c(F)ccc2cc(O)cc(-c3c(F)cc4c(N5CC6CCC(C5)N6)nc(OCC5(CN6CCCC7(C6)CC7(F)F)CC5)nc4c3F)c12. The van der Waals surface area contributed by atoms with Crippen molar-refractivity contribution in [3.8, 4) is 22.9 Å². The van der Waals surface area contributed by atoms with Gasteiger partial charge in [-0.2, -0.15) is 9.97 Å². The molecule has 3 saturated heterocycles. The quantitative estimate of drug-likeness (QED) is 0.187. The second-order valence-electron chi connectivity index (χ2n) is 15.6. The van der Waals surface area contributed by atoms with Gasteiger partial charge in [-0.05, 0) is 97.7 Å². The number of rotatable bonds is 8. The van der Waals surface area contributed by atoms with E-state index in [2.05, 4.69) is 15.2 Å². The van der Waals surface area contributed by atoms with Crippen molar-refractivity contribution in [1.29, 1.82) is 0 Å². The van der Waals surface area contributed by atoms with Gasteiger partial charge in [0.25, 0.3) is 5.92 Å². The molecule has 50 heavy (non-hydrogen) atoms. The van der Waals surface area contributed by atoms with Crippen LogP contribution in [-0.2, 0) is 6.42 Å². The molecule has 5 aliphatic rings. The number of halogens is 5. The van der Waals surface area contributed by atoms with Gasteiger partial charge in [0.2, 0.25) is 0 Å². The molecule has 3 unspecified atom stereocenters. The number of aromatic hydroxyl groups is 1. The van der Waals surface area contributed by atoms with E-state index in [0.29, 0.717) is 54.8 Å². The van der Waals surface area contributed by atoms with Crippen molar-refractivity contribution in [3.63, 3.8) is 0 Å². The summed E-state index contributed by atoms with van der Waals surface area (Å²) in [6.07, 6.45) is 5.27. The van der Waals surface area contributed by atoms with Gasteiger partial charge in [0.15, 0.2) is 5.82 Å². The largest absolute Gasteiger partial charge is 0.508 e. The molecule has 3 aliphatic heterocycles. The summed E-state index contributed by atoms with van der Waals surface area (Å²) in [4.78, 5) is 13.5. The third-order valence-electron chi connectivity index (χ3n) is 12.0. The first-order chi connectivity index (χ1) is 24.0. The van der Waals surface area contributed by atoms with E-state index in [0.717, 1.165) is 38.6 Å². The number of fused-ring (bicyclic) bond motifs is 4. The van der Waals surface area contributed by atoms with Crippen LogP contribution in [0.2, 0.25) is 0 Å². The number of hydrogen-bond acceptors (Lipinski definition) is 7. The van der Waals surface area contributed by atoms with Gasteiger partial charge in [0.1, 0.15) is 28.7 Å². The molecule has 9 rings (SSSR count). The molecule has 0 amide bonds. The number of piperazine rings is 1. The van der Waals surface area contributed by atoms with E-state index in [1.807, 2.05) is 4.90 Å². The first-order valence-electron chi connectivity index (χ1n) is 17.9. The minimum atomic E-state index is -2.59. The minimum absolute atomic E-state index is 0.0357. The Hall–Kier alpha value is -3.77. The Balaban J connectivity index is 1.11. The third kappa shape index (κ3) is 5.27. The highest BCUT2D eigenvalue weighted by atomic mass is 19.3. The lowest BCUT2D eigenvalue weighted by molar-refractivity contribution is 0.0167. The molecule has 264 valence electrons. The Morgan fingerprint density at radius 1 is 1.00 bits per heavy atom. The predicted octanol–water partition coefficient (Wildman–Crippen LogP) is 7.36. The lowest BCUT2D eigenvalue weighted by Gasteiger charge is -2.35. The molecular weight excluding hydrogens is 653 g/mol. The second kappa shape index (κ2) is 11.4. The third-order valence-corrected chi connectivity index (χ3v) is 12.0. The smallest absolute Gasteiger partial charge is 0.319 e. The van der Waals surface area contributed by atoms with Gasteiger partial charge in [-0.25, -0.2) is 22.0 Å². The van der Waals surface area contributed by atoms with Crippen LogP contribution < -0.4 is 15.0 Å². The molecule has 2 aliphatic carbocycles. The Kier molecular flexibility index (Phi) is 7.31. The summed E-state index contributed by atoms with van der Waals surface area (Å²) in [7, 11) is 0. The van der Waals surface area contributed by atoms with Gasteiger partial charge in [0, 0.05) is 55.5 Å². The van der Waals surface area contributed by atoms with Gasteiger partial charge in [0.05, 0.1) is 17.6 Å². The highest BCUT2D eigenvalue weighted by molar-refractivity contribution is 6.03. The van der Waals surface area contributed by atoms with Crippen LogP contribution in [0.5, 0.6) is 11.8 Å². The maximum atomic E-state index is 17.0. The number of nitrogens with zero attached hydrogens (tertiary/aromatic N) is 4. The van der Waals surface area contributed by atoms with E-state index in [-0.39, 0.29) is 65.2 Å². The summed E-state index contributed by atoms with van der Waals surface area (Å²) in [5, 5.41) is 15.2. The number of nitrogens with one attached hydrogen (secondary N) is 1. The average Bonchev–Trinajstić information content (AvgIpc) is 3.91. The van der Waals surface area contributed by atoms with Crippen molar-refractivity contribution in [3.05, 3.63) is 53.3 Å².